The maximum Gasteiger partial charge on any atom is 0.309 e. The predicted molar refractivity (Wildman–Crippen MR) is 102 cm³/mol. The molecule has 0 aromatic heterocycles. The number of nitrogens with zero attached hydrogens (tertiary/aromatic N) is 1. The molecule has 0 amide bonds. The van der Waals surface area contributed by atoms with Crippen LogP contribution in [0.5, 0.6) is 0 Å². The van der Waals surface area contributed by atoms with Gasteiger partial charge in [-0.3, -0.25) is 4.79 Å². The van der Waals surface area contributed by atoms with E-state index in [9.17, 15) is 4.79 Å². The van der Waals surface area contributed by atoms with Crippen molar-refractivity contribution in [3.63, 3.8) is 0 Å². The molecule has 0 aliphatic carbocycles. The summed E-state index contributed by atoms with van der Waals surface area (Å²) < 4.78 is 5.27. The Bertz CT molecular complexity index is 709. The van der Waals surface area contributed by atoms with Gasteiger partial charge >= 0.3 is 5.97 Å². The summed E-state index contributed by atoms with van der Waals surface area (Å²) >= 11 is 0. The molecule has 0 saturated carbocycles. The molecule has 0 saturated heterocycles. The van der Waals surface area contributed by atoms with E-state index in [2.05, 4.69) is 35.2 Å². The number of para-hydroxylation sites is 1. The molecule has 3 nitrogen and oxygen atoms in total. The Morgan fingerprint density at radius 2 is 1.84 bits per heavy atom. The first-order valence-corrected chi connectivity index (χ1v) is 9.00. The van der Waals surface area contributed by atoms with E-state index in [1.54, 1.807) is 0 Å². The Balaban J connectivity index is 1.37. The van der Waals surface area contributed by atoms with E-state index in [1.807, 2.05) is 36.4 Å². The third-order valence-electron chi connectivity index (χ3n) is 4.47. The molecule has 0 radical (unpaired) electrons. The molecule has 3 heteroatoms. The van der Waals surface area contributed by atoms with Crippen LogP contribution in [-0.2, 0) is 22.6 Å². The molecule has 1 aliphatic heterocycles. The van der Waals surface area contributed by atoms with Crippen LogP contribution < -0.4 is 4.90 Å². The summed E-state index contributed by atoms with van der Waals surface area (Å²) in [6.07, 6.45) is 7.68. The van der Waals surface area contributed by atoms with Crippen LogP contribution in [0.4, 0.5) is 5.69 Å². The second kappa shape index (κ2) is 9.07. The molecule has 2 aromatic rings. The molecule has 0 unspecified atom stereocenters. The van der Waals surface area contributed by atoms with Crippen molar-refractivity contribution >= 4 is 11.7 Å². The van der Waals surface area contributed by atoms with E-state index in [1.165, 1.54) is 24.1 Å². The Labute approximate surface area is 149 Å². The molecular formula is C22H25NO2. The molecule has 2 aromatic carbocycles. The van der Waals surface area contributed by atoms with Crippen molar-refractivity contribution in [2.75, 3.05) is 18.0 Å². The number of anilines is 1. The molecule has 0 spiro atoms. The van der Waals surface area contributed by atoms with Gasteiger partial charge in [0.1, 0.15) is 6.61 Å². The molecule has 25 heavy (non-hydrogen) atoms. The van der Waals surface area contributed by atoms with Crippen LogP contribution >= 0.6 is 0 Å². The summed E-state index contributed by atoms with van der Waals surface area (Å²) in [5.41, 5.74) is 3.83. The molecule has 0 atom stereocenters. The highest BCUT2D eigenvalue weighted by Crippen LogP contribution is 2.26. The number of ether oxygens (including phenoxy) is 1. The first-order valence-electron chi connectivity index (χ1n) is 9.00. The minimum atomic E-state index is -0.177. The Morgan fingerprint density at radius 3 is 2.72 bits per heavy atom. The monoisotopic (exact) mass is 335 g/mol. The van der Waals surface area contributed by atoms with Gasteiger partial charge in [-0.05, 0) is 36.5 Å². The summed E-state index contributed by atoms with van der Waals surface area (Å²) in [5, 5.41) is 0. The van der Waals surface area contributed by atoms with Gasteiger partial charge in [-0.25, -0.2) is 0 Å². The molecule has 0 fully saturated rings. The fourth-order valence-electron chi connectivity index (χ4n) is 3.17. The molecule has 3 rings (SSSR count). The van der Waals surface area contributed by atoms with E-state index in [0.29, 0.717) is 13.0 Å². The number of rotatable bonds is 7. The van der Waals surface area contributed by atoms with Crippen LogP contribution in [0.15, 0.2) is 66.7 Å². The lowest BCUT2D eigenvalue weighted by Gasteiger charge is -2.31. The summed E-state index contributed by atoms with van der Waals surface area (Å²) in [6, 6.07) is 18.4. The number of aryl methyl sites for hydroxylation is 1. The zero-order chi connectivity index (χ0) is 17.3. The van der Waals surface area contributed by atoms with Gasteiger partial charge in [0.2, 0.25) is 0 Å². The molecular weight excluding hydrogens is 310 g/mol. The maximum absolute atomic E-state index is 11.8. The summed E-state index contributed by atoms with van der Waals surface area (Å²) in [5.74, 6) is -0.177. The van der Waals surface area contributed by atoms with E-state index in [4.69, 9.17) is 4.74 Å². The SMILES string of the molecule is O=C(CC=CCCN1CCCc2ccccc21)OCc1ccccc1. The highest BCUT2D eigenvalue weighted by molar-refractivity contribution is 5.71. The van der Waals surface area contributed by atoms with Crippen molar-refractivity contribution in [2.24, 2.45) is 0 Å². The van der Waals surface area contributed by atoms with Gasteiger partial charge < -0.3 is 9.64 Å². The number of carbonyl (C=O) groups excluding carboxylic acids is 1. The molecule has 130 valence electrons. The topological polar surface area (TPSA) is 29.5 Å². The zero-order valence-electron chi connectivity index (χ0n) is 14.6. The Morgan fingerprint density at radius 1 is 1.04 bits per heavy atom. The second-order valence-corrected chi connectivity index (χ2v) is 6.33. The average Bonchev–Trinajstić information content (AvgIpc) is 2.67. The van der Waals surface area contributed by atoms with E-state index in [0.717, 1.165) is 25.1 Å². The van der Waals surface area contributed by atoms with Crippen LogP contribution in [0.1, 0.15) is 30.4 Å². The van der Waals surface area contributed by atoms with E-state index in [-0.39, 0.29) is 5.97 Å². The number of benzene rings is 2. The minimum absolute atomic E-state index is 0.177. The number of hydrogen-bond acceptors (Lipinski definition) is 3. The number of carbonyl (C=O) groups is 1. The summed E-state index contributed by atoms with van der Waals surface area (Å²) in [7, 11) is 0. The van der Waals surface area contributed by atoms with Crippen molar-refractivity contribution in [1.29, 1.82) is 0 Å². The van der Waals surface area contributed by atoms with Crippen molar-refractivity contribution in [2.45, 2.75) is 32.3 Å². The largest absolute Gasteiger partial charge is 0.461 e. The fourth-order valence-corrected chi connectivity index (χ4v) is 3.17. The van der Waals surface area contributed by atoms with Crippen molar-refractivity contribution in [1.82, 2.24) is 0 Å². The predicted octanol–water partition coefficient (Wildman–Crippen LogP) is 4.52. The molecule has 0 N–H and O–H groups in total. The fraction of sp³-hybridized carbons (Fsp3) is 0.318. The smallest absolute Gasteiger partial charge is 0.309 e. The van der Waals surface area contributed by atoms with Crippen molar-refractivity contribution in [3.05, 3.63) is 77.9 Å². The maximum atomic E-state index is 11.8. The normalized spacial score (nSPS) is 13.7. The number of esters is 1. The highest BCUT2D eigenvalue weighted by atomic mass is 16.5. The molecule has 0 bridgehead atoms. The molecule has 1 heterocycles. The molecule has 1 aliphatic rings. The van der Waals surface area contributed by atoms with Gasteiger partial charge in [-0.2, -0.15) is 0 Å². The number of hydrogen-bond donors (Lipinski definition) is 0. The summed E-state index contributed by atoms with van der Waals surface area (Å²) in [4.78, 5) is 14.2. The van der Waals surface area contributed by atoms with Gasteiger partial charge in [-0.15, -0.1) is 0 Å². The average molecular weight is 335 g/mol. The lowest BCUT2D eigenvalue weighted by molar-refractivity contribution is -0.143. The number of fused-ring (bicyclic) bond motifs is 1. The van der Waals surface area contributed by atoms with Crippen LogP contribution in [-0.4, -0.2) is 19.1 Å². The van der Waals surface area contributed by atoms with Gasteiger partial charge in [0.25, 0.3) is 0 Å². The van der Waals surface area contributed by atoms with E-state index >= 15 is 0 Å². The first-order chi connectivity index (χ1) is 12.3. The van der Waals surface area contributed by atoms with Gasteiger partial charge in [0.15, 0.2) is 0 Å². The minimum Gasteiger partial charge on any atom is -0.461 e. The van der Waals surface area contributed by atoms with Crippen LogP contribution in [0, 0.1) is 0 Å². The van der Waals surface area contributed by atoms with Crippen LogP contribution in [0.2, 0.25) is 0 Å². The first kappa shape index (κ1) is 17.3. The quantitative estimate of drug-likeness (QED) is 0.550. The Hall–Kier alpha value is -2.55. The van der Waals surface area contributed by atoms with Gasteiger partial charge in [-0.1, -0.05) is 60.7 Å². The second-order valence-electron chi connectivity index (χ2n) is 6.33. The lowest BCUT2D eigenvalue weighted by atomic mass is 10.0. The Kier molecular flexibility index (Phi) is 6.27. The third kappa shape index (κ3) is 5.21. The van der Waals surface area contributed by atoms with Crippen molar-refractivity contribution < 1.29 is 9.53 Å². The van der Waals surface area contributed by atoms with Gasteiger partial charge in [0, 0.05) is 18.8 Å². The van der Waals surface area contributed by atoms with Crippen LogP contribution in [0.3, 0.4) is 0 Å². The standard InChI is InChI=1S/C22H25NO2/c24-22(25-18-19-10-3-1-4-11-19)15-5-2-8-16-23-17-9-13-20-12-6-7-14-21(20)23/h1-7,10-12,14H,8-9,13,15-18H2. The highest BCUT2D eigenvalue weighted by Gasteiger charge is 2.14. The van der Waals surface area contributed by atoms with Crippen LogP contribution in [0.25, 0.3) is 0 Å². The van der Waals surface area contributed by atoms with E-state index < -0.39 is 0 Å². The lowest BCUT2D eigenvalue weighted by Crippen LogP contribution is -2.29. The summed E-state index contributed by atoms with van der Waals surface area (Å²) in [6.45, 7) is 2.45. The van der Waals surface area contributed by atoms with Crippen molar-refractivity contribution in [3.8, 4) is 0 Å². The zero-order valence-corrected chi connectivity index (χ0v) is 14.6. The van der Waals surface area contributed by atoms with Gasteiger partial charge in [0.05, 0.1) is 6.42 Å². The third-order valence-corrected chi connectivity index (χ3v) is 4.47.